The van der Waals surface area contributed by atoms with Gasteiger partial charge in [0.05, 0.1) is 9.40 Å². The maximum atomic E-state index is 12.3. The van der Waals surface area contributed by atoms with E-state index >= 15 is 0 Å². The molecule has 2 heterocycles. The van der Waals surface area contributed by atoms with Gasteiger partial charge in [0.25, 0.3) is 11.6 Å². The van der Waals surface area contributed by atoms with Crippen molar-refractivity contribution in [2.75, 3.05) is 5.32 Å². The van der Waals surface area contributed by atoms with E-state index in [1.165, 1.54) is 22.7 Å². The maximum Gasteiger partial charge on any atom is 0.292 e. The van der Waals surface area contributed by atoms with Crippen molar-refractivity contribution < 1.29 is 9.72 Å². The number of carbonyl (C=O) groups is 1. The molecule has 0 fully saturated rings. The van der Waals surface area contributed by atoms with Crippen molar-refractivity contribution in [1.82, 2.24) is 14.6 Å². The number of nitro groups is 1. The zero-order valence-electron chi connectivity index (χ0n) is 10.9. The fraction of sp³-hybridized carbons (Fsp3) is 0. The molecule has 8 nitrogen and oxygen atoms in total. The van der Waals surface area contributed by atoms with E-state index in [1.54, 1.807) is 24.5 Å². The van der Waals surface area contributed by atoms with Gasteiger partial charge in [0, 0.05) is 18.5 Å². The quantitative estimate of drug-likeness (QED) is 0.570. The van der Waals surface area contributed by atoms with Crippen molar-refractivity contribution in [2.45, 2.75) is 0 Å². The van der Waals surface area contributed by atoms with Gasteiger partial charge in [0.15, 0.2) is 11.3 Å². The summed E-state index contributed by atoms with van der Waals surface area (Å²) in [7, 11) is 0. The van der Waals surface area contributed by atoms with Crippen molar-refractivity contribution in [2.24, 2.45) is 0 Å². The minimum atomic E-state index is -0.563. The molecule has 0 bridgehead atoms. The van der Waals surface area contributed by atoms with Crippen LogP contribution in [0.3, 0.4) is 0 Å². The summed E-state index contributed by atoms with van der Waals surface area (Å²) in [6.45, 7) is 0. The number of hydrogen-bond donors (Lipinski definition) is 1. The van der Waals surface area contributed by atoms with Gasteiger partial charge in [-0.2, -0.15) is 5.10 Å². The lowest BCUT2D eigenvalue weighted by Crippen LogP contribution is -2.14. The molecule has 0 aliphatic rings. The topological polar surface area (TPSA) is 102 Å². The standard InChI is InChI=1S/C13H8BrN5O3/c14-10-11(17-18-7-3-6-15-12(10)18)13(20)16-8-4-1-2-5-9(8)19(21)22/h1-7H,(H,16,20). The number of benzene rings is 1. The molecule has 0 saturated carbocycles. The summed E-state index contributed by atoms with van der Waals surface area (Å²) in [6.07, 6.45) is 3.22. The monoisotopic (exact) mass is 361 g/mol. The second-order valence-corrected chi connectivity index (χ2v) is 5.07. The van der Waals surface area contributed by atoms with Crippen LogP contribution in [0.4, 0.5) is 11.4 Å². The fourth-order valence-corrected chi connectivity index (χ4v) is 2.47. The molecule has 9 heteroatoms. The van der Waals surface area contributed by atoms with Gasteiger partial charge in [-0.1, -0.05) is 12.1 Å². The molecule has 0 unspecified atom stereocenters. The normalized spacial score (nSPS) is 10.6. The number of carbonyl (C=O) groups excluding carboxylic acids is 1. The molecule has 0 aliphatic heterocycles. The summed E-state index contributed by atoms with van der Waals surface area (Å²) in [4.78, 5) is 26.8. The average Bonchev–Trinajstić information content (AvgIpc) is 2.85. The summed E-state index contributed by atoms with van der Waals surface area (Å²) in [5.74, 6) is -0.563. The number of nitrogens with zero attached hydrogens (tertiary/aromatic N) is 4. The molecule has 1 aromatic carbocycles. The second-order valence-electron chi connectivity index (χ2n) is 4.28. The molecule has 3 aromatic rings. The molecule has 1 N–H and O–H groups in total. The van der Waals surface area contributed by atoms with Gasteiger partial charge >= 0.3 is 0 Å². The van der Waals surface area contributed by atoms with Gasteiger partial charge in [0.1, 0.15) is 5.69 Å². The van der Waals surface area contributed by atoms with Crippen LogP contribution in [-0.4, -0.2) is 25.4 Å². The fourth-order valence-electron chi connectivity index (χ4n) is 1.92. The number of hydrogen-bond acceptors (Lipinski definition) is 5. The molecule has 1 amide bonds. The Morgan fingerprint density at radius 3 is 2.82 bits per heavy atom. The Bertz CT molecular complexity index is 892. The third-order valence-corrected chi connectivity index (χ3v) is 3.63. The van der Waals surface area contributed by atoms with E-state index in [-0.39, 0.29) is 17.1 Å². The summed E-state index contributed by atoms with van der Waals surface area (Å²) in [5.41, 5.74) is 0.496. The molecule has 0 radical (unpaired) electrons. The number of nitrogens with one attached hydrogen (secondary N) is 1. The predicted molar refractivity (Wildman–Crippen MR) is 81.7 cm³/mol. The van der Waals surface area contributed by atoms with E-state index in [9.17, 15) is 14.9 Å². The van der Waals surface area contributed by atoms with Crippen LogP contribution >= 0.6 is 15.9 Å². The van der Waals surface area contributed by atoms with E-state index in [0.717, 1.165) is 0 Å². The highest BCUT2D eigenvalue weighted by Gasteiger charge is 2.21. The highest BCUT2D eigenvalue weighted by molar-refractivity contribution is 9.10. The Balaban J connectivity index is 1.98. The number of rotatable bonds is 3. The number of amides is 1. The van der Waals surface area contributed by atoms with E-state index in [1.807, 2.05) is 0 Å². The Morgan fingerprint density at radius 1 is 1.32 bits per heavy atom. The summed E-state index contributed by atoms with van der Waals surface area (Å²) >= 11 is 3.27. The Hall–Kier alpha value is -2.81. The lowest BCUT2D eigenvalue weighted by atomic mass is 10.2. The van der Waals surface area contributed by atoms with Crippen molar-refractivity contribution >= 4 is 38.9 Å². The SMILES string of the molecule is O=C(Nc1ccccc1[N+](=O)[O-])c1nn2cccnc2c1Br. The molecule has 0 saturated heterocycles. The van der Waals surface area contributed by atoms with Gasteiger partial charge in [-0.05, 0) is 28.1 Å². The molecule has 0 atom stereocenters. The predicted octanol–water partition coefficient (Wildman–Crippen LogP) is 2.65. The van der Waals surface area contributed by atoms with E-state index < -0.39 is 10.8 Å². The Labute approximate surface area is 132 Å². The minimum absolute atomic E-state index is 0.0943. The molecule has 0 aliphatic carbocycles. The average molecular weight is 362 g/mol. The maximum absolute atomic E-state index is 12.3. The summed E-state index contributed by atoms with van der Waals surface area (Å²) in [6, 6.07) is 7.57. The third-order valence-electron chi connectivity index (χ3n) is 2.90. The first-order valence-corrected chi connectivity index (χ1v) is 6.91. The van der Waals surface area contributed by atoms with Crippen molar-refractivity contribution in [3.8, 4) is 0 Å². The first-order chi connectivity index (χ1) is 10.6. The molecule has 2 aromatic heterocycles. The zero-order chi connectivity index (χ0) is 15.7. The van der Waals surface area contributed by atoms with Crippen LogP contribution in [0.2, 0.25) is 0 Å². The van der Waals surface area contributed by atoms with Crippen molar-refractivity contribution in [1.29, 1.82) is 0 Å². The third kappa shape index (κ3) is 2.42. The first kappa shape index (κ1) is 14.1. The smallest absolute Gasteiger partial charge is 0.292 e. The highest BCUT2D eigenvalue weighted by atomic mass is 79.9. The number of anilines is 1. The van der Waals surface area contributed by atoms with Gasteiger partial charge in [0.2, 0.25) is 0 Å². The lowest BCUT2D eigenvalue weighted by Gasteiger charge is -2.03. The van der Waals surface area contributed by atoms with E-state index in [0.29, 0.717) is 10.1 Å². The van der Waals surface area contributed by atoms with Gasteiger partial charge < -0.3 is 5.32 Å². The number of nitro benzene ring substituents is 1. The molecular weight excluding hydrogens is 354 g/mol. The van der Waals surface area contributed by atoms with Crippen molar-refractivity contribution in [3.63, 3.8) is 0 Å². The minimum Gasteiger partial charge on any atom is -0.315 e. The van der Waals surface area contributed by atoms with Gasteiger partial charge in [-0.3, -0.25) is 14.9 Å². The molecule has 110 valence electrons. The molecule has 22 heavy (non-hydrogen) atoms. The van der Waals surface area contributed by atoms with Crippen LogP contribution < -0.4 is 5.32 Å². The number of aromatic nitrogens is 3. The summed E-state index contributed by atoms with van der Waals surface area (Å²) in [5, 5.41) is 17.6. The van der Waals surface area contributed by atoms with Crippen LogP contribution in [0.15, 0.2) is 47.2 Å². The van der Waals surface area contributed by atoms with Crippen LogP contribution in [0, 0.1) is 10.1 Å². The van der Waals surface area contributed by atoms with Crippen molar-refractivity contribution in [3.05, 3.63) is 63.0 Å². The Morgan fingerprint density at radius 2 is 2.09 bits per heavy atom. The van der Waals surface area contributed by atoms with Crippen LogP contribution in [0.5, 0.6) is 0 Å². The highest BCUT2D eigenvalue weighted by Crippen LogP contribution is 2.26. The Kier molecular flexibility index (Phi) is 3.55. The number of fused-ring (bicyclic) bond motifs is 1. The summed E-state index contributed by atoms with van der Waals surface area (Å²) < 4.78 is 1.86. The van der Waals surface area contributed by atoms with Crippen LogP contribution in [-0.2, 0) is 0 Å². The second kappa shape index (κ2) is 5.53. The molecular formula is C13H8BrN5O3. The largest absolute Gasteiger partial charge is 0.315 e. The van der Waals surface area contributed by atoms with E-state index in [2.05, 4.69) is 31.3 Å². The van der Waals surface area contributed by atoms with Gasteiger partial charge in [-0.25, -0.2) is 9.50 Å². The van der Waals surface area contributed by atoms with Gasteiger partial charge in [-0.15, -0.1) is 0 Å². The number of para-hydroxylation sites is 2. The van der Waals surface area contributed by atoms with Crippen LogP contribution in [0.25, 0.3) is 5.65 Å². The number of halogens is 1. The molecule has 0 spiro atoms. The first-order valence-electron chi connectivity index (χ1n) is 6.11. The van der Waals surface area contributed by atoms with E-state index in [4.69, 9.17) is 0 Å². The molecule has 3 rings (SSSR count). The lowest BCUT2D eigenvalue weighted by molar-refractivity contribution is -0.383. The zero-order valence-corrected chi connectivity index (χ0v) is 12.5. The van der Waals surface area contributed by atoms with Crippen LogP contribution in [0.1, 0.15) is 10.5 Å².